The van der Waals surface area contributed by atoms with Gasteiger partial charge >= 0.3 is 0 Å². The molecular formula is C82H62N4+2. The van der Waals surface area contributed by atoms with Crippen LogP contribution >= 0.6 is 0 Å². The minimum Gasteiger partial charge on any atom is -0.309 e. The SMILES string of the molecule is Cc1ccc(-c2ccc(-n3c4cc5ccccc5cc4c4cc5ccccc5cc43)cc2)cc1-c1cccc[n+]1C.Cc1ccc(-c2ccc(-n3c4ccc(-c5ccccc5)cc4c4cc(-c5ccccc5)ccc43)cc2)cc1-c1cccc[n+]1C. The Kier molecular flexibility index (Phi) is 13.1. The number of rotatable bonds is 8. The lowest BCUT2D eigenvalue weighted by molar-refractivity contribution is -0.660. The van der Waals surface area contributed by atoms with Gasteiger partial charge in [-0.3, -0.25) is 0 Å². The fourth-order valence-corrected chi connectivity index (χ4v) is 13.0. The highest BCUT2D eigenvalue weighted by atomic mass is 15.0. The number of pyridine rings is 2. The predicted octanol–water partition coefficient (Wildman–Crippen LogP) is 20.1. The highest BCUT2D eigenvalue weighted by Crippen LogP contribution is 2.40. The Morgan fingerprint density at radius 2 is 0.558 bits per heavy atom. The van der Waals surface area contributed by atoms with Gasteiger partial charge in [-0.1, -0.05) is 170 Å². The quantitative estimate of drug-likeness (QED) is 0.135. The third-order valence-electron chi connectivity index (χ3n) is 17.5. The van der Waals surface area contributed by atoms with E-state index in [4.69, 9.17) is 0 Å². The fraction of sp³-hybridized carbons (Fsp3) is 0.0488. The van der Waals surface area contributed by atoms with Gasteiger partial charge in [0.1, 0.15) is 14.1 Å². The normalized spacial score (nSPS) is 11.5. The minimum absolute atomic E-state index is 1.15. The molecule has 0 unspecified atom stereocenters. The summed E-state index contributed by atoms with van der Waals surface area (Å²) in [4.78, 5) is 0. The van der Waals surface area contributed by atoms with E-state index in [0.717, 1.165) is 5.69 Å². The molecule has 408 valence electrons. The Balaban J connectivity index is 0.000000146. The van der Waals surface area contributed by atoms with Crippen LogP contribution in [0.5, 0.6) is 0 Å². The number of aryl methyl sites for hydroxylation is 4. The summed E-state index contributed by atoms with van der Waals surface area (Å²) < 4.78 is 9.20. The van der Waals surface area contributed by atoms with Crippen molar-refractivity contribution in [1.29, 1.82) is 0 Å². The summed E-state index contributed by atoms with van der Waals surface area (Å²) in [7, 11) is 4.21. The van der Waals surface area contributed by atoms with E-state index < -0.39 is 0 Å². The molecule has 0 aliphatic carbocycles. The van der Waals surface area contributed by atoms with Gasteiger partial charge in [-0.2, -0.15) is 0 Å². The van der Waals surface area contributed by atoms with Crippen LogP contribution in [0.2, 0.25) is 0 Å². The molecule has 4 heteroatoms. The fourth-order valence-electron chi connectivity index (χ4n) is 13.0. The summed E-state index contributed by atoms with van der Waals surface area (Å²) in [5.74, 6) is 0. The molecule has 0 saturated heterocycles. The van der Waals surface area contributed by atoms with Crippen molar-refractivity contribution < 1.29 is 9.13 Å². The van der Waals surface area contributed by atoms with Gasteiger partial charge in [0.15, 0.2) is 12.4 Å². The minimum atomic E-state index is 1.15. The topological polar surface area (TPSA) is 17.6 Å². The van der Waals surface area contributed by atoms with Crippen LogP contribution in [0, 0.1) is 13.8 Å². The van der Waals surface area contributed by atoms with Crippen molar-refractivity contribution >= 4 is 65.2 Å². The average molecular weight is 1100 g/mol. The van der Waals surface area contributed by atoms with Gasteiger partial charge in [-0.05, 0) is 188 Å². The Hall–Kier alpha value is -10.9. The highest BCUT2D eigenvalue weighted by molar-refractivity contribution is 6.17. The van der Waals surface area contributed by atoms with Crippen LogP contribution in [0.4, 0.5) is 0 Å². The van der Waals surface area contributed by atoms with E-state index in [-0.39, 0.29) is 0 Å². The zero-order valence-electron chi connectivity index (χ0n) is 48.7. The molecule has 4 nitrogen and oxygen atoms in total. The van der Waals surface area contributed by atoms with E-state index in [1.165, 1.54) is 149 Å². The van der Waals surface area contributed by atoms with Gasteiger partial charge in [0.05, 0.1) is 22.1 Å². The monoisotopic (exact) mass is 1100 g/mol. The second-order valence-electron chi connectivity index (χ2n) is 22.8. The number of fused-ring (bicyclic) bond motifs is 8. The van der Waals surface area contributed by atoms with Crippen LogP contribution in [-0.4, -0.2) is 9.13 Å². The highest BCUT2D eigenvalue weighted by Gasteiger charge is 2.19. The molecule has 16 aromatic rings. The summed E-state index contributed by atoms with van der Waals surface area (Å²) in [6.45, 7) is 4.37. The molecule has 0 fully saturated rings. The third-order valence-corrected chi connectivity index (χ3v) is 17.5. The molecule has 0 saturated carbocycles. The van der Waals surface area contributed by atoms with Crippen molar-refractivity contribution in [2.45, 2.75) is 13.8 Å². The molecule has 0 bridgehead atoms. The third kappa shape index (κ3) is 9.38. The van der Waals surface area contributed by atoms with Crippen molar-refractivity contribution in [3.05, 3.63) is 315 Å². The van der Waals surface area contributed by atoms with Gasteiger partial charge in [0.25, 0.3) is 0 Å². The average Bonchev–Trinajstić information content (AvgIpc) is 1.99. The first-order chi connectivity index (χ1) is 42.3. The Labute approximate surface area is 501 Å². The number of aromatic nitrogens is 4. The summed E-state index contributed by atoms with van der Waals surface area (Å²) in [6, 6.07) is 106. The smallest absolute Gasteiger partial charge is 0.212 e. The van der Waals surface area contributed by atoms with Crippen molar-refractivity contribution in [3.63, 3.8) is 0 Å². The number of benzene rings is 12. The maximum absolute atomic E-state index is 2.43. The molecule has 0 atom stereocenters. The lowest BCUT2D eigenvalue weighted by atomic mass is 9.97. The van der Waals surface area contributed by atoms with Gasteiger partial charge in [0, 0.05) is 68.3 Å². The second-order valence-corrected chi connectivity index (χ2v) is 22.8. The molecule has 0 aliphatic rings. The molecule has 4 aromatic heterocycles. The molecule has 12 aromatic carbocycles. The van der Waals surface area contributed by atoms with Gasteiger partial charge in [-0.15, -0.1) is 0 Å². The molecule has 0 amide bonds. The number of hydrogen-bond acceptors (Lipinski definition) is 0. The van der Waals surface area contributed by atoms with Crippen molar-refractivity contribution in [2.24, 2.45) is 14.1 Å². The lowest BCUT2D eigenvalue weighted by Gasteiger charge is -2.11. The van der Waals surface area contributed by atoms with E-state index in [9.17, 15) is 0 Å². The van der Waals surface area contributed by atoms with Crippen LogP contribution in [0.1, 0.15) is 11.1 Å². The van der Waals surface area contributed by atoms with Crippen molar-refractivity contribution in [2.75, 3.05) is 0 Å². The van der Waals surface area contributed by atoms with E-state index in [1.807, 2.05) is 0 Å². The Morgan fingerprint density at radius 3 is 0.965 bits per heavy atom. The largest absolute Gasteiger partial charge is 0.309 e. The van der Waals surface area contributed by atoms with E-state index >= 15 is 0 Å². The van der Waals surface area contributed by atoms with Gasteiger partial charge in [0.2, 0.25) is 11.4 Å². The van der Waals surface area contributed by atoms with Crippen LogP contribution in [0.3, 0.4) is 0 Å². The summed E-state index contributed by atoms with van der Waals surface area (Å²) >= 11 is 0. The first kappa shape index (κ1) is 51.9. The summed E-state index contributed by atoms with van der Waals surface area (Å²) in [6.07, 6.45) is 4.21. The lowest BCUT2D eigenvalue weighted by Crippen LogP contribution is -2.30. The number of hydrogen-bond donors (Lipinski definition) is 0. The molecule has 0 spiro atoms. The summed E-state index contributed by atoms with van der Waals surface area (Å²) in [5.41, 5.74) is 24.4. The molecule has 0 N–H and O–H groups in total. The Bertz CT molecular complexity index is 5050. The summed E-state index contributed by atoms with van der Waals surface area (Å²) in [5, 5.41) is 10.1. The van der Waals surface area contributed by atoms with Crippen molar-refractivity contribution in [1.82, 2.24) is 9.13 Å². The van der Waals surface area contributed by atoms with Gasteiger partial charge < -0.3 is 9.13 Å². The first-order valence-corrected chi connectivity index (χ1v) is 29.7. The molecule has 16 rings (SSSR count). The van der Waals surface area contributed by atoms with Crippen molar-refractivity contribution in [3.8, 4) is 78.4 Å². The predicted molar refractivity (Wildman–Crippen MR) is 361 cm³/mol. The van der Waals surface area contributed by atoms with Crippen LogP contribution in [0.25, 0.3) is 144 Å². The zero-order chi connectivity index (χ0) is 57.8. The van der Waals surface area contributed by atoms with Crippen LogP contribution < -0.4 is 9.13 Å². The standard InChI is InChI=1S/C43H33N2.C39H29N2/c1-30-16-17-34(27-38(30)41-15-9-10-26-44(41)2)33-18-22-37(23-19-33)45-42-24-20-35(31-11-5-3-6-12-31)28-39(42)40-29-36(21-25-43(40)45)32-13-7-4-8-14-32;1-26-14-15-32(21-34(26)37-13-7-8-20-40(37)2)27-16-18-33(19-17-27)41-38-24-30-11-5-3-9-28(30)22-35(38)36-23-29-10-4-6-12-31(29)25-39(36)41/h3-29H,1-2H3;3-25H,1-2H3/q2*+1. The molecule has 4 heterocycles. The van der Waals surface area contributed by atoms with E-state index in [1.54, 1.807) is 0 Å². The Morgan fingerprint density at radius 1 is 0.244 bits per heavy atom. The zero-order valence-corrected chi connectivity index (χ0v) is 48.7. The maximum atomic E-state index is 2.43. The van der Waals surface area contributed by atoms with E-state index in [2.05, 4.69) is 350 Å². The second kappa shape index (κ2) is 21.7. The molecule has 0 aliphatic heterocycles. The van der Waals surface area contributed by atoms with Crippen LogP contribution in [0.15, 0.2) is 304 Å². The molecule has 0 radical (unpaired) electrons. The van der Waals surface area contributed by atoms with E-state index in [0.29, 0.717) is 0 Å². The van der Waals surface area contributed by atoms with Crippen LogP contribution in [-0.2, 0) is 14.1 Å². The first-order valence-electron chi connectivity index (χ1n) is 29.7. The molecular weight excluding hydrogens is 1040 g/mol. The number of nitrogens with zero attached hydrogens (tertiary/aromatic N) is 4. The van der Waals surface area contributed by atoms with Gasteiger partial charge in [-0.25, -0.2) is 9.13 Å². The molecule has 86 heavy (non-hydrogen) atoms. The maximum Gasteiger partial charge on any atom is 0.212 e.